The fraction of sp³-hybridized carbons (Fsp3) is 0.500. The van der Waals surface area contributed by atoms with Gasteiger partial charge in [0.05, 0.1) is 17.1 Å². The van der Waals surface area contributed by atoms with Crippen molar-refractivity contribution in [3.63, 3.8) is 0 Å². The summed E-state index contributed by atoms with van der Waals surface area (Å²) >= 11 is 0. The van der Waals surface area contributed by atoms with Crippen LogP contribution in [-0.4, -0.2) is 35.3 Å². The monoisotopic (exact) mass is 270 g/mol. The Morgan fingerprint density at radius 3 is 3.00 bits per heavy atom. The lowest BCUT2D eigenvalue weighted by molar-refractivity contribution is -0.385. The van der Waals surface area contributed by atoms with Crippen LogP contribution >= 0.6 is 0 Å². The normalized spacial score (nSPS) is 22.4. The van der Waals surface area contributed by atoms with Gasteiger partial charge in [-0.15, -0.1) is 0 Å². The third kappa shape index (κ3) is 3.62. The van der Waals surface area contributed by atoms with Crippen molar-refractivity contribution in [1.29, 1.82) is 0 Å². The number of hydrogen-bond acceptors (Lipinski definition) is 5. The van der Waals surface area contributed by atoms with Crippen LogP contribution in [0.2, 0.25) is 0 Å². The molecule has 0 radical (unpaired) electrons. The highest BCUT2D eigenvalue weighted by atomic mass is 19.1. The first-order chi connectivity index (χ1) is 9.08. The van der Waals surface area contributed by atoms with Gasteiger partial charge in [-0.3, -0.25) is 10.1 Å². The maximum Gasteiger partial charge on any atom is 0.276 e. The number of aliphatic hydroxyl groups is 1. The highest BCUT2D eigenvalue weighted by molar-refractivity contribution is 5.39. The molecule has 1 saturated heterocycles. The lowest BCUT2D eigenvalue weighted by Crippen LogP contribution is -2.23. The van der Waals surface area contributed by atoms with Crippen molar-refractivity contribution >= 4 is 5.69 Å². The van der Waals surface area contributed by atoms with Gasteiger partial charge in [-0.2, -0.15) is 0 Å². The first kappa shape index (κ1) is 13.7. The summed E-state index contributed by atoms with van der Waals surface area (Å²) in [5, 5.41) is 22.6. The van der Waals surface area contributed by atoms with Crippen molar-refractivity contribution in [2.45, 2.75) is 25.0 Å². The molecule has 1 heterocycles. The van der Waals surface area contributed by atoms with Crippen LogP contribution in [0.1, 0.15) is 12.8 Å². The Morgan fingerprint density at radius 1 is 1.53 bits per heavy atom. The molecule has 104 valence electrons. The number of halogens is 1. The van der Waals surface area contributed by atoms with E-state index in [1.807, 2.05) is 0 Å². The summed E-state index contributed by atoms with van der Waals surface area (Å²) in [6.45, 7) is 0.671. The average Bonchev–Trinajstić information content (AvgIpc) is 2.76. The molecular weight excluding hydrogens is 255 g/mol. The molecule has 2 atom stereocenters. The molecule has 1 fully saturated rings. The number of non-ortho nitro benzene ring substituents is 1. The Balaban J connectivity index is 2.01. The van der Waals surface area contributed by atoms with E-state index in [0.717, 1.165) is 12.1 Å². The van der Waals surface area contributed by atoms with Gasteiger partial charge in [0.15, 0.2) is 0 Å². The van der Waals surface area contributed by atoms with E-state index in [9.17, 15) is 14.5 Å². The van der Waals surface area contributed by atoms with E-state index in [1.165, 1.54) is 6.07 Å². The molecule has 6 nitrogen and oxygen atoms in total. The number of benzene rings is 1. The largest absolute Gasteiger partial charge is 0.489 e. The summed E-state index contributed by atoms with van der Waals surface area (Å²) in [7, 11) is 0. The smallest absolute Gasteiger partial charge is 0.276 e. The predicted molar refractivity (Wildman–Crippen MR) is 65.6 cm³/mol. The number of hydrogen-bond donors (Lipinski definition) is 2. The number of nitro benzene ring substituents is 1. The van der Waals surface area contributed by atoms with E-state index in [-0.39, 0.29) is 30.2 Å². The average molecular weight is 270 g/mol. The molecule has 1 aliphatic heterocycles. The summed E-state index contributed by atoms with van der Waals surface area (Å²) in [6, 6.07) is 3.36. The molecule has 0 bridgehead atoms. The Kier molecular flexibility index (Phi) is 4.28. The zero-order valence-corrected chi connectivity index (χ0v) is 10.2. The lowest BCUT2D eigenvalue weighted by atomic mass is 10.1. The first-order valence-electron chi connectivity index (χ1n) is 6.04. The van der Waals surface area contributed by atoms with E-state index in [1.54, 1.807) is 0 Å². The Hall–Kier alpha value is -1.73. The standard InChI is InChI=1S/C12H15FN2O4/c13-8-3-10(15(17)18)6-11(4-8)19-12-5-9(1-2-16)14-7-12/h3-4,6,9,12,14,16H,1-2,5,7H2/t9-,12-/m1/s1. The molecular formula is C12H15FN2O4. The van der Waals surface area contributed by atoms with E-state index < -0.39 is 10.7 Å². The summed E-state index contributed by atoms with van der Waals surface area (Å²) < 4.78 is 18.8. The summed E-state index contributed by atoms with van der Waals surface area (Å²) in [4.78, 5) is 9.97. The SMILES string of the molecule is O=[N+]([O-])c1cc(F)cc(O[C@H]2CN[C@H](CCO)C2)c1. The molecule has 0 amide bonds. The van der Waals surface area contributed by atoms with Crippen LogP contribution < -0.4 is 10.1 Å². The van der Waals surface area contributed by atoms with Gasteiger partial charge in [-0.25, -0.2) is 4.39 Å². The van der Waals surface area contributed by atoms with Crippen LogP contribution in [0, 0.1) is 15.9 Å². The number of aliphatic hydroxyl groups excluding tert-OH is 1. The van der Waals surface area contributed by atoms with Gasteiger partial charge < -0.3 is 15.2 Å². The molecule has 0 aliphatic carbocycles. The van der Waals surface area contributed by atoms with Crippen molar-refractivity contribution in [3.8, 4) is 5.75 Å². The van der Waals surface area contributed by atoms with Gasteiger partial charge >= 0.3 is 0 Å². The highest BCUT2D eigenvalue weighted by Crippen LogP contribution is 2.24. The van der Waals surface area contributed by atoms with Crippen molar-refractivity contribution in [2.24, 2.45) is 0 Å². The van der Waals surface area contributed by atoms with Crippen LogP contribution in [0.4, 0.5) is 10.1 Å². The number of ether oxygens (including phenoxy) is 1. The van der Waals surface area contributed by atoms with Crippen LogP contribution in [0.15, 0.2) is 18.2 Å². The molecule has 0 unspecified atom stereocenters. The fourth-order valence-electron chi connectivity index (χ4n) is 2.16. The highest BCUT2D eigenvalue weighted by Gasteiger charge is 2.25. The molecule has 1 aliphatic rings. The first-order valence-corrected chi connectivity index (χ1v) is 6.04. The molecule has 7 heteroatoms. The molecule has 2 rings (SSSR count). The van der Waals surface area contributed by atoms with Gasteiger partial charge in [0.25, 0.3) is 5.69 Å². The zero-order valence-electron chi connectivity index (χ0n) is 10.2. The fourth-order valence-corrected chi connectivity index (χ4v) is 2.16. The zero-order chi connectivity index (χ0) is 13.8. The molecule has 1 aromatic carbocycles. The van der Waals surface area contributed by atoms with Crippen LogP contribution in [-0.2, 0) is 0 Å². The molecule has 0 aromatic heterocycles. The van der Waals surface area contributed by atoms with Gasteiger partial charge in [-0.05, 0) is 6.42 Å². The lowest BCUT2D eigenvalue weighted by Gasteiger charge is -2.13. The van der Waals surface area contributed by atoms with Crippen molar-refractivity contribution < 1.29 is 19.2 Å². The van der Waals surface area contributed by atoms with E-state index in [2.05, 4.69) is 5.32 Å². The van der Waals surface area contributed by atoms with Gasteiger partial charge in [0.2, 0.25) is 0 Å². The van der Waals surface area contributed by atoms with Crippen LogP contribution in [0.3, 0.4) is 0 Å². The Bertz CT molecular complexity index is 469. The summed E-state index contributed by atoms with van der Waals surface area (Å²) in [5.41, 5.74) is -0.326. The van der Waals surface area contributed by atoms with Crippen LogP contribution in [0.25, 0.3) is 0 Å². The predicted octanol–water partition coefficient (Wildman–Crippen LogP) is 1.23. The minimum Gasteiger partial charge on any atom is -0.489 e. The Morgan fingerprint density at radius 2 is 2.32 bits per heavy atom. The summed E-state index contributed by atoms with van der Waals surface area (Å²) in [5.74, 6) is -0.537. The quantitative estimate of drug-likeness (QED) is 0.621. The number of nitrogens with zero attached hydrogens (tertiary/aromatic N) is 1. The Labute approximate surface area is 109 Å². The third-order valence-corrected chi connectivity index (χ3v) is 3.03. The minimum atomic E-state index is -0.693. The minimum absolute atomic E-state index is 0.0931. The summed E-state index contributed by atoms with van der Waals surface area (Å²) in [6.07, 6.45) is 1.14. The van der Waals surface area contributed by atoms with E-state index >= 15 is 0 Å². The number of nitrogens with one attached hydrogen (secondary N) is 1. The second kappa shape index (κ2) is 5.94. The van der Waals surface area contributed by atoms with Crippen molar-refractivity contribution in [3.05, 3.63) is 34.1 Å². The maximum absolute atomic E-state index is 13.2. The second-order valence-electron chi connectivity index (χ2n) is 4.50. The molecule has 1 aromatic rings. The van der Waals surface area contributed by atoms with Crippen LogP contribution in [0.5, 0.6) is 5.75 Å². The van der Waals surface area contributed by atoms with Gasteiger partial charge in [0, 0.05) is 31.7 Å². The number of rotatable bonds is 5. The van der Waals surface area contributed by atoms with Crippen molar-refractivity contribution in [1.82, 2.24) is 5.32 Å². The molecule has 2 N–H and O–H groups in total. The third-order valence-electron chi connectivity index (χ3n) is 3.03. The molecule has 0 saturated carbocycles. The van der Waals surface area contributed by atoms with E-state index in [0.29, 0.717) is 19.4 Å². The van der Waals surface area contributed by atoms with Gasteiger partial charge in [-0.1, -0.05) is 0 Å². The van der Waals surface area contributed by atoms with Gasteiger partial charge in [0.1, 0.15) is 17.7 Å². The maximum atomic E-state index is 13.2. The number of nitro groups is 1. The topological polar surface area (TPSA) is 84.6 Å². The second-order valence-corrected chi connectivity index (χ2v) is 4.50. The molecule has 19 heavy (non-hydrogen) atoms. The van der Waals surface area contributed by atoms with Crippen molar-refractivity contribution in [2.75, 3.05) is 13.2 Å². The molecule has 0 spiro atoms. The van der Waals surface area contributed by atoms with E-state index in [4.69, 9.17) is 9.84 Å².